The molecule has 3 rings (SSSR count). The zero-order valence-electron chi connectivity index (χ0n) is 14.1. The maximum Gasteiger partial charge on any atom is 0.416 e. The highest BCUT2D eigenvalue weighted by Crippen LogP contribution is 2.34. The van der Waals surface area contributed by atoms with E-state index >= 15 is 0 Å². The second kappa shape index (κ2) is 8.15. The van der Waals surface area contributed by atoms with Gasteiger partial charge in [-0.2, -0.15) is 18.3 Å². The summed E-state index contributed by atoms with van der Waals surface area (Å²) in [5.74, 6) is -0.330. The lowest BCUT2D eigenvalue weighted by Gasteiger charge is -2.13. The topological polar surface area (TPSA) is 34.9 Å². The van der Waals surface area contributed by atoms with E-state index < -0.39 is 11.7 Å². The molecule has 1 heterocycles. The summed E-state index contributed by atoms with van der Waals surface area (Å²) in [4.78, 5) is 12.5. The number of nitrogens with zero attached hydrogens (tertiary/aromatic N) is 2. The van der Waals surface area contributed by atoms with Crippen LogP contribution in [-0.4, -0.2) is 15.6 Å². The van der Waals surface area contributed by atoms with E-state index in [0.717, 1.165) is 6.07 Å². The maximum absolute atomic E-state index is 13.2. The molecule has 9 heteroatoms. The van der Waals surface area contributed by atoms with E-state index in [1.165, 1.54) is 23.0 Å². The number of alkyl halides is 3. The Balaban J connectivity index is 1.80. The summed E-state index contributed by atoms with van der Waals surface area (Å²) in [6.07, 6.45) is -3.11. The molecule has 0 aliphatic heterocycles. The van der Waals surface area contributed by atoms with Crippen molar-refractivity contribution in [2.45, 2.75) is 19.1 Å². The molecule has 0 fully saturated rings. The molecule has 1 aromatic heterocycles. The van der Waals surface area contributed by atoms with Crippen molar-refractivity contribution in [1.29, 1.82) is 0 Å². The van der Waals surface area contributed by atoms with E-state index in [4.69, 9.17) is 34.8 Å². The van der Waals surface area contributed by atoms with Crippen molar-refractivity contribution in [2.75, 3.05) is 0 Å². The van der Waals surface area contributed by atoms with Crippen LogP contribution in [0.1, 0.15) is 27.2 Å². The predicted molar refractivity (Wildman–Crippen MR) is 102 cm³/mol. The Morgan fingerprint density at radius 2 is 1.71 bits per heavy atom. The molecule has 0 radical (unpaired) electrons. The third-order valence-electron chi connectivity index (χ3n) is 3.99. The molecule has 0 N–H and O–H groups in total. The molecule has 28 heavy (non-hydrogen) atoms. The van der Waals surface area contributed by atoms with Crippen molar-refractivity contribution in [3.05, 3.63) is 86.1 Å². The zero-order chi connectivity index (χ0) is 20.5. The average molecular weight is 448 g/mol. The number of aromatic nitrogens is 2. The molecule has 0 atom stereocenters. The Morgan fingerprint density at radius 1 is 1.04 bits per heavy atom. The number of halogens is 6. The first-order valence-electron chi connectivity index (χ1n) is 8.00. The minimum absolute atomic E-state index is 0.000514. The Morgan fingerprint density at radius 3 is 2.36 bits per heavy atom. The van der Waals surface area contributed by atoms with Crippen LogP contribution in [0.5, 0.6) is 0 Å². The molecular weight excluding hydrogens is 436 g/mol. The summed E-state index contributed by atoms with van der Waals surface area (Å²) in [6, 6.07) is 9.87. The van der Waals surface area contributed by atoms with Crippen molar-refractivity contribution < 1.29 is 18.0 Å². The third-order valence-corrected chi connectivity index (χ3v) is 4.85. The lowest BCUT2D eigenvalue weighted by Crippen LogP contribution is -2.12. The summed E-state index contributed by atoms with van der Waals surface area (Å²) in [6.45, 7) is -0.118. The summed E-state index contributed by atoms with van der Waals surface area (Å²) in [5, 5.41) is 4.64. The molecule has 0 unspecified atom stereocenters. The van der Waals surface area contributed by atoms with Gasteiger partial charge in [0.25, 0.3) is 0 Å². The molecule has 0 saturated carbocycles. The van der Waals surface area contributed by atoms with Gasteiger partial charge in [0.15, 0.2) is 5.78 Å². The first kappa shape index (κ1) is 20.7. The Kier molecular flexibility index (Phi) is 6.03. The van der Waals surface area contributed by atoms with Gasteiger partial charge in [-0.1, -0.05) is 46.9 Å². The lowest BCUT2D eigenvalue weighted by atomic mass is 10.1. The largest absolute Gasteiger partial charge is 0.416 e. The van der Waals surface area contributed by atoms with Crippen LogP contribution in [0.25, 0.3) is 0 Å². The fourth-order valence-electron chi connectivity index (χ4n) is 2.73. The molecular formula is C19H12Cl3F3N2O. The van der Waals surface area contributed by atoms with Gasteiger partial charge in [0.05, 0.1) is 39.8 Å². The van der Waals surface area contributed by atoms with Gasteiger partial charge < -0.3 is 0 Å². The van der Waals surface area contributed by atoms with Crippen LogP contribution in [0.2, 0.25) is 15.1 Å². The standard InChI is InChI=1S/C19H12Cl3F3N2O/c20-12-5-4-11(14(8-12)19(23,24)25)10-27-7-6-13(26-27)9-17(28)18-15(21)2-1-3-16(18)22/h1-8H,9-10H2. The average Bonchev–Trinajstić information content (AvgIpc) is 3.02. The van der Waals surface area contributed by atoms with Crippen LogP contribution in [0.15, 0.2) is 48.7 Å². The molecule has 0 aliphatic carbocycles. The molecule has 3 aromatic rings. The smallest absolute Gasteiger partial charge is 0.294 e. The minimum atomic E-state index is -4.53. The van der Waals surface area contributed by atoms with Crippen molar-refractivity contribution in [3.63, 3.8) is 0 Å². The van der Waals surface area contributed by atoms with E-state index in [1.807, 2.05) is 0 Å². The van der Waals surface area contributed by atoms with E-state index in [-0.39, 0.29) is 44.9 Å². The molecule has 0 spiro atoms. The normalized spacial score (nSPS) is 11.6. The first-order chi connectivity index (χ1) is 13.1. The number of benzene rings is 2. The third kappa shape index (κ3) is 4.69. The number of ketones is 1. The van der Waals surface area contributed by atoms with Crippen LogP contribution >= 0.6 is 34.8 Å². The molecule has 0 amide bonds. The number of hydrogen-bond donors (Lipinski definition) is 0. The Bertz CT molecular complexity index is 1010. The molecule has 3 nitrogen and oxygen atoms in total. The van der Waals surface area contributed by atoms with E-state index in [9.17, 15) is 18.0 Å². The van der Waals surface area contributed by atoms with Crippen molar-refractivity contribution in [1.82, 2.24) is 9.78 Å². The van der Waals surface area contributed by atoms with Crippen LogP contribution in [0.4, 0.5) is 13.2 Å². The first-order valence-corrected chi connectivity index (χ1v) is 9.13. The highest BCUT2D eigenvalue weighted by Gasteiger charge is 2.33. The number of Topliss-reactive ketones (excluding diaryl/α,β-unsaturated/α-hetero) is 1. The van der Waals surface area contributed by atoms with E-state index in [1.54, 1.807) is 24.3 Å². The summed E-state index contributed by atoms with van der Waals surface area (Å²) < 4.78 is 41.0. The van der Waals surface area contributed by atoms with Crippen molar-refractivity contribution >= 4 is 40.6 Å². The van der Waals surface area contributed by atoms with Gasteiger partial charge in [0.1, 0.15) is 0 Å². The van der Waals surface area contributed by atoms with Crippen molar-refractivity contribution in [2.24, 2.45) is 0 Å². The maximum atomic E-state index is 13.2. The number of carbonyl (C=O) groups is 1. The van der Waals surface area contributed by atoms with E-state index in [2.05, 4.69) is 5.10 Å². The minimum Gasteiger partial charge on any atom is -0.294 e. The van der Waals surface area contributed by atoms with Crippen LogP contribution in [-0.2, 0) is 19.1 Å². The lowest BCUT2D eigenvalue weighted by molar-refractivity contribution is -0.138. The summed E-state index contributed by atoms with van der Waals surface area (Å²) in [7, 11) is 0. The van der Waals surface area contributed by atoms with Gasteiger partial charge in [-0.25, -0.2) is 0 Å². The van der Waals surface area contributed by atoms with E-state index in [0.29, 0.717) is 5.69 Å². The van der Waals surface area contributed by atoms with Crippen LogP contribution in [0.3, 0.4) is 0 Å². The number of rotatable bonds is 5. The van der Waals surface area contributed by atoms with Gasteiger partial charge in [-0.3, -0.25) is 9.48 Å². The Hall–Kier alpha value is -2.02. The second-order valence-corrected chi connectivity index (χ2v) is 7.25. The molecule has 146 valence electrons. The van der Waals surface area contributed by atoms with Gasteiger partial charge in [-0.15, -0.1) is 0 Å². The van der Waals surface area contributed by atoms with Gasteiger partial charge in [0, 0.05) is 11.2 Å². The fourth-order valence-corrected chi connectivity index (χ4v) is 3.51. The quantitative estimate of drug-likeness (QED) is 0.428. The number of hydrogen-bond acceptors (Lipinski definition) is 2. The monoisotopic (exact) mass is 446 g/mol. The molecule has 0 aliphatic rings. The Labute approximate surface area is 173 Å². The second-order valence-electron chi connectivity index (χ2n) is 6.00. The highest BCUT2D eigenvalue weighted by molar-refractivity contribution is 6.39. The van der Waals surface area contributed by atoms with Crippen molar-refractivity contribution in [3.8, 4) is 0 Å². The summed E-state index contributed by atoms with van der Waals surface area (Å²) in [5.41, 5.74) is -0.219. The van der Waals surface area contributed by atoms with Crippen LogP contribution in [0, 0.1) is 0 Å². The van der Waals surface area contributed by atoms with Gasteiger partial charge >= 0.3 is 6.18 Å². The predicted octanol–water partition coefficient (Wildman–Crippen LogP) is 6.34. The molecule has 2 aromatic carbocycles. The molecule has 0 saturated heterocycles. The fraction of sp³-hybridized carbons (Fsp3) is 0.158. The van der Waals surface area contributed by atoms with Gasteiger partial charge in [-0.05, 0) is 35.9 Å². The SMILES string of the molecule is O=C(Cc1ccn(Cc2ccc(Cl)cc2C(F)(F)F)n1)c1c(Cl)cccc1Cl. The molecule has 0 bridgehead atoms. The zero-order valence-corrected chi connectivity index (χ0v) is 16.4. The van der Waals surface area contributed by atoms with Gasteiger partial charge in [0.2, 0.25) is 0 Å². The summed E-state index contributed by atoms with van der Waals surface area (Å²) >= 11 is 17.7. The van der Waals surface area contributed by atoms with Crippen LogP contribution < -0.4 is 0 Å². The number of carbonyl (C=O) groups excluding carboxylic acids is 1. The highest BCUT2D eigenvalue weighted by atomic mass is 35.5.